The molecule has 1 atom stereocenters. The van der Waals surface area contributed by atoms with E-state index < -0.39 is 5.97 Å². The van der Waals surface area contributed by atoms with Crippen molar-refractivity contribution in [3.63, 3.8) is 0 Å². The average Bonchev–Trinajstić information content (AvgIpc) is 2.52. The van der Waals surface area contributed by atoms with Crippen molar-refractivity contribution in [2.24, 2.45) is 0 Å². The van der Waals surface area contributed by atoms with Gasteiger partial charge in [-0.3, -0.25) is 0 Å². The molecule has 0 saturated heterocycles. The third kappa shape index (κ3) is 2.20. The maximum absolute atomic E-state index is 10.6. The molecule has 0 aromatic carbocycles. The number of rotatable bonds is 3. The van der Waals surface area contributed by atoms with E-state index in [0.29, 0.717) is 5.00 Å². The van der Waals surface area contributed by atoms with Crippen LogP contribution in [0.4, 0.5) is 5.00 Å². The molecule has 13 heavy (non-hydrogen) atoms. The lowest BCUT2D eigenvalue weighted by Crippen LogP contribution is -2.13. The van der Waals surface area contributed by atoms with Crippen LogP contribution < -0.4 is 5.32 Å². The van der Waals surface area contributed by atoms with Crippen LogP contribution >= 0.6 is 11.3 Å². The predicted octanol–water partition coefficient (Wildman–Crippen LogP) is 1.27. The Kier molecular flexibility index (Phi) is 2.88. The molecule has 0 fully saturated rings. The molecule has 5 heteroatoms. The fourth-order valence-corrected chi connectivity index (χ4v) is 1.50. The topological polar surface area (TPSA) is 62.2 Å². The lowest BCUT2D eigenvalue weighted by atomic mass is 10.3. The third-order valence-electron chi connectivity index (χ3n) is 1.37. The summed E-state index contributed by atoms with van der Waals surface area (Å²) in [7, 11) is 0. The molecule has 1 aromatic heterocycles. The summed E-state index contributed by atoms with van der Waals surface area (Å²) in [6.45, 7) is 1.77. The number of hydrogen-bond donors (Lipinski definition) is 2. The van der Waals surface area contributed by atoms with Crippen molar-refractivity contribution in [3.8, 4) is 12.3 Å². The molecular weight excluding hydrogens is 188 g/mol. The Hall–Kier alpha value is -1.54. The van der Waals surface area contributed by atoms with Gasteiger partial charge < -0.3 is 10.4 Å². The van der Waals surface area contributed by atoms with Gasteiger partial charge >= 0.3 is 5.97 Å². The molecule has 0 aliphatic heterocycles. The Balaban J connectivity index is 2.84. The van der Waals surface area contributed by atoms with Crippen molar-refractivity contribution in [2.75, 3.05) is 5.32 Å². The Morgan fingerprint density at radius 2 is 2.62 bits per heavy atom. The predicted molar refractivity (Wildman–Crippen MR) is 51.0 cm³/mol. The number of thiazole rings is 1. The van der Waals surface area contributed by atoms with Crippen molar-refractivity contribution in [1.29, 1.82) is 0 Å². The van der Waals surface area contributed by atoms with Crippen LogP contribution in [0.3, 0.4) is 0 Å². The molecule has 0 aliphatic carbocycles. The molecule has 4 nitrogen and oxygen atoms in total. The highest BCUT2D eigenvalue weighted by Crippen LogP contribution is 2.20. The summed E-state index contributed by atoms with van der Waals surface area (Å²) >= 11 is 1.22. The van der Waals surface area contributed by atoms with Gasteiger partial charge in [-0.05, 0) is 6.92 Å². The van der Waals surface area contributed by atoms with Gasteiger partial charge in [0.25, 0.3) is 0 Å². The number of carbonyl (C=O) groups is 1. The highest BCUT2D eigenvalue weighted by Gasteiger charge is 2.13. The Labute approximate surface area is 79.6 Å². The summed E-state index contributed by atoms with van der Waals surface area (Å²) in [5.41, 5.74) is 1.49. The fraction of sp³-hybridized carbons (Fsp3) is 0.250. The molecule has 0 radical (unpaired) electrons. The van der Waals surface area contributed by atoms with Crippen molar-refractivity contribution in [1.82, 2.24) is 4.98 Å². The number of carboxylic acids is 1. The van der Waals surface area contributed by atoms with Crippen LogP contribution in [0.5, 0.6) is 0 Å². The first-order chi connectivity index (χ1) is 6.15. The molecule has 1 aromatic rings. The summed E-state index contributed by atoms with van der Waals surface area (Å²) < 4.78 is 0. The van der Waals surface area contributed by atoms with Gasteiger partial charge in [-0.15, -0.1) is 17.8 Å². The van der Waals surface area contributed by atoms with E-state index in [9.17, 15) is 4.79 Å². The van der Waals surface area contributed by atoms with E-state index in [1.54, 1.807) is 6.92 Å². The van der Waals surface area contributed by atoms with Gasteiger partial charge in [0.05, 0.1) is 11.6 Å². The van der Waals surface area contributed by atoms with E-state index in [0.717, 1.165) is 0 Å². The molecule has 0 aliphatic rings. The number of nitrogens with one attached hydrogen (secondary N) is 1. The second kappa shape index (κ2) is 3.92. The fourth-order valence-electron chi connectivity index (χ4n) is 0.739. The molecule has 2 N–H and O–H groups in total. The van der Waals surface area contributed by atoms with Gasteiger partial charge in [-0.25, -0.2) is 9.78 Å². The van der Waals surface area contributed by atoms with Crippen molar-refractivity contribution in [3.05, 3.63) is 11.2 Å². The zero-order valence-electron chi connectivity index (χ0n) is 6.94. The number of carboxylic acid groups (broad SMARTS) is 1. The first-order valence-corrected chi connectivity index (χ1v) is 4.42. The van der Waals surface area contributed by atoms with Crippen LogP contribution in [-0.4, -0.2) is 22.1 Å². The number of anilines is 1. The largest absolute Gasteiger partial charge is 0.476 e. The summed E-state index contributed by atoms with van der Waals surface area (Å²) in [6, 6.07) is -0.196. The van der Waals surface area contributed by atoms with Gasteiger partial charge in [0, 0.05) is 0 Å². The number of terminal acetylenes is 1. The Bertz CT molecular complexity index is 353. The SMILES string of the molecule is C#CC(C)Nc1scnc1C(=O)O. The van der Waals surface area contributed by atoms with E-state index in [2.05, 4.69) is 16.2 Å². The van der Waals surface area contributed by atoms with Crippen molar-refractivity contribution in [2.45, 2.75) is 13.0 Å². The van der Waals surface area contributed by atoms with E-state index in [1.165, 1.54) is 16.8 Å². The Morgan fingerprint density at radius 3 is 3.15 bits per heavy atom. The lowest BCUT2D eigenvalue weighted by molar-refractivity contribution is 0.0692. The van der Waals surface area contributed by atoms with Crippen LogP contribution in [0.25, 0.3) is 0 Å². The molecule has 68 valence electrons. The zero-order chi connectivity index (χ0) is 9.84. The minimum atomic E-state index is -1.05. The molecule has 0 amide bonds. The molecule has 0 bridgehead atoms. The standard InChI is InChI=1S/C8H8N2O2S/c1-3-5(2)10-7-6(8(11)12)9-4-13-7/h1,4-5,10H,2H3,(H,11,12). The summed E-state index contributed by atoms with van der Waals surface area (Å²) in [6.07, 6.45) is 5.14. The van der Waals surface area contributed by atoms with Crippen LogP contribution in [0.1, 0.15) is 17.4 Å². The van der Waals surface area contributed by atoms with Crippen LogP contribution in [-0.2, 0) is 0 Å². The van der Waals surface area contributed by atoms with Crippen LogP contribution in [0, 0.1) is 12.3 Å². The van der Waals surface area contributed by atoms with E-state index >= 15 is 0 Å². The third-order valence-corrected chi connectivity index (χ3v) is 2.13. The summed E-state index contributed by atoms with van der Waals surface area (Å²) in [4.78, 5) is 14.3. The van der Waals surface area contributed by atoms with E-state index in [4.69, 9.17) is 11.5 Å². The van der Waals surface area contributed by atoms with Gasteiger partial charge in [0.2, 0.25) is 0 Å². The summed E-state index contributed by atoms with van der Waals surface area (Å²) in [5.74, 6) is 1.40. The highest BCUT2D eigenvalue weighted by atomic mass is 32.1. The quantitative estimate of drug-likeness (QED) is 0.715. The summed E-state index contributed by atoms with van der Waals surface area (Å²) in [5, 5.41) is 12.1. The molecular formula is C8H8N2O2S. The molecule has 1 unspecified atom stereocenters. The van der Waals surface area contributed by atoms with Gasteiger partial charge in [0.15, 0.2) is 5.69 Å². The van der Waals surface area contributed by atoms with Crippen molar-refractivity contribution >= 4 is 22.3 Å². The van der Waals surface area contributed by atoms with Crippen LogP contribution in [0.2, 0.25) is 0 Å². The van der Waals surface area contributed by atoms with Crippen molar-refractivity contribution < 1.29 is 9.90 Å². The Morgan fingerprint density at radius 1 is 1.92 bits per heavy atom. The smallest absolute Gasteiger partial charge is 0.357 e. The first kappa shape index (κ1) is 9.55. The van der Waals surface area contributed by atoms with Gasteiger partial charge in [-0.1, -0.05) is 5.92 Å². The maximum atomic E-state index is 10.6. The highest BCUT2D eigenvalue weighted by molar-refractivity contribution is 7.14. The molecule has 1 heterocycles. The lowest BCUT2D eigenvalue weighted by Gasteiger charge is -2.06. The van der Waals surface area contributed by atoms with E-state index in [-0.39, 0.29) is 11.7 Å². The molecule has 0 spiro atoms. The van der Waals surface area contributed by atoms with Crippen LogP contribution in [0.15, 0.2) is 5.51 Å². The second-order valence-corrected chi connectivity index (χ2v) is 3.22. The normalized spacial score (nSPS) is 11.7. The van der Waals surface area contributed by atoms with Gasteiger partial charge in [-0.2, -0.15) is 0 Å². The molecule has 0 saturated carbocycles. The van der Waals surface area contributed by atoms with E-state index in [1.807, 2.05) is 0 Å². The number of nitrogens with zero attached hydrogens (tertiary/aromatic N) is 1. The zero-order valence-corrected chi connectivity index (χ0v) is 7.76. The number of hydrogen-bond acceptors (Lipinski definition) is 4. The first-order valence-electron chi connectivity index (χ1n) is 3.54. The minimum Gasteiger partial charge on any atom is -0.476 e. The molecule has 1 rings (SSSR count). The van der Waals surface area contributed by atoms with Gasteiger partial charge in [0.1, 0.15) is 5.00 Å². The minimum absolute atomic E-state index is 0.0205. The monoisotopic (exact) mass is 196 g/mol. The maximum Gasteiger partial charge on any atom is 0.357 e. The number of aromatic carboxylic acids is 1. The average molecular weight is 196 g/mol. The number of aromatic nitrogens is 1. The second-order valence-electron chi connectivity index (χ2n) is 2.37.